The summed E-state index contributed by atoms with van der Waals surface area (Å²) in [7, 11) is 3.99. The molecule has 2 heterocycles. The molecule has 1 unspecified atom stereocenters. The minimum absolute atomic E-state index is 0.109. The van der Waals surface area contributed by atoms with E-state index in [1.807, 2.05) is 19.9 Å². The predicted molar refractivity (Wildman–Crippen MR) is 156 cm³/mol. The quantitative estimate of drug-likeness (QED) is 0.312. The molecule has 2 saturated carbocycles. The number of hydrogen-bond acceptors (Lipinski definition) is 6. The fourth-order valence-corrected chi connectivity index (χ4v) is 8.49. The molecule has 0 aromatic heterocycles. The monoisotopic (exact) mass is 567 g/mol. The molecule has 224 valence electrons. The Bertz CT molecular complexity index is 1260. The van der Waals surface area contributed by atoms with Crippen LogP contribution in [0.3, 0.4) is 0 Å². The van der Waals surface area contributed by atoms with Crippen molar-refractivity contribution in [3.05, 3.63) is 35.4 Å². The Morgan fingerprint density at radius 3 is 2.78 bits per heavy atom. The van der Waals surface area contributed by atoms with Crippen molar-refractivity contribution in [3.8, 4) is 11.5 Å². The Morgan fingerprint density at radius 1 is 1.32 bits per heavy atom. The van der Waals surface area contributed by atoms with Crippen LogP contribution in [-0.4, -0.2) is 90.6 Å². The molecule has 4 N–H and O–H groups in total. The number of nitrogens with two attached hydrogens (primary N) is 1. The maximum atomic E-state index is 13.1. The van der Waals surface area contributed by atoms with Gasteiger partial charge in [-0.1, -0.05) is 26.5 Å². The number of quaternary nitrogens is 1. The normalized spacial score (nSPS) is 33.6. The molecule has 1 aromatic carbocycles. The van der Waals surface area contributed by atoms with Crippen LogP contribution in [-0.2, 0) is 16.6 Å². The number of hydrogen-bond donors (Lipinski definition) is 3. The fourth-order valence-electron chi connectivity index (χ4n) is 8.49. The number of ether oxygens (including phenoxy) is 2. The first-order valence-corrected chi connectivity index (χ1v) is 15.4. The van der Waals surface area contributed by atoms with Gasteiger partial charge < -0.3 is 35.0 Å². The fraction of sp³-hybridized carbons (Fsp3) is 0.688. The first kappa shape index (κ1) is 28.5. The first-order valence-electron chi connectivity index (χ1n) is 15.4. The number of nitrogens with one attached hydrogen (secondary N) is 1. The van der Waals surface area contributed by atoms with Crippen LogP contribution in [0.25, 0.3) is 0 Å². The third-order valence-electron chi connectivity index (χ3n) is 10.7. The lowest BCUT2D eigenvalue weighted by Gasteiger charge is -2.65. The molecule has 3 aliphatic carbocycles. The minimum Gasteiger partial charge on any atom is -0.481 e. The van der Waals surface area contributed by atoms with Crippen LogP contribution in [0.1, 0.15) is 63.5 Å². The van der Waals surface area contributed by atoms with E-state index in [1.54, 1.807) is 7.05 Å². The molecule has 9 heteroatoms. The number of carbonyl (C=O) groups excluding carboxylic acids is 2. The smallest absolute Gasteiger partial charge is 0.415 e. The maximum absolute atomic E-state index is 13.1. The average molecular weight is 568 g/mol. The number of aliphatic hydroxyl groups is 1. The van der Waals surface area contributed by atoms with Crippen LogP contribution in [0.15, 0.2) is 24.3 Å². The van der Waals surface area contributed by atoms with Gasteiger partial charge in [-0.15, -0.1) is 0 Å². The van der Waals surface area contributed by atoms with E-state index in [0.29, 0.717) is 30.3 Å². The Balaban J connectivity index is 1.22. The molecule has 5 aliphatic rings. The number of benzene rings is 1. The summed E-state index contributed by atoms with van der Waals surface area (Å²) in [5, 5.41) is 15.5. The highest BCUT2D eigenvalue weighted by Crippen LogP contribution is 2.67. The topological polar surface area (TPSA) is 114 Å². The lowest BCUT2D eigenvalue weighted by molar-refractivity contribution is -0.950. The molecule has 2 bridgehead atoms. The van der Waals surface area contributed by atoms with E-state index < -0.39 is 23.2 Å². The molecular weight excluding hydrogens is 520 g/mol. The summed E-state index contributed by atoms with van der Waals surface area (Å²) in [6.07, 6.45) is 5.39. The van der Waals surface area contributed by atoms with Crippen LogP contribution < -0.4 is 20.5 Å². The van der Waals surface area contributed by atoms with E-state index in [2.05, 4.69) is 25.0 Å². The molecule has 2 aliphatic heterocycles. The molecule has 9 nitrogen and oxygen atoms in total. The van der Waals surface area contributed by atoms with Gasteiger partial charge in [-0.3, -0.25) is 4.79 Å². The summed E-state index contributed by atoms with van der Waals surface area (Å²) < 4.78 is 13.5. The Morgan fingerprint density at radius 2 is 2.07 bits per heavy atom. The summed E-state index contributed by atoms with van der Waals surface area (Å²) in [4.78, 5) is 26.8. The molecule has 0 radical (unpaired) electrons. The van der Waals surface area contributed by atoms with Gasteiger partial charge in [0.05, 0.1) is 31.6 Å². The molecule has 6 atom stereocenters. The van der Waals surface area contributed by atoms with Gasteiger partial charge in [0.15, 0.2) is 11.5 Å². The number of rotatable bonds is 9. The molecular formula is C32H47N4O5+. The largest absolute Gasteiger partial charge is 0.481 e. The summed E-state index contributed by atoms with van der Waals surface area (Å²) in [5.41, 5.74) is 7.73. The Labute approximate surface area is 243 Å². The van der Waals surface area contributed by atoms with Gasteiger partial charge in [0.1, 0.15) is 17.7 Å². The molecule has 6 rings (SSSR count). The second kappa shape index (κ2) is 9.99. The van der Waals surface area contributed by atoms with Gasteiger partial charge in [-0.2, -0.15) is 0 Å². The number of likely N-dealkylation sites (tertiary alicyclic amines) is 1. The zero-order valence-electron chi connectivity index (χ0n) is 25.1. The highest BCUT2D eigenvalue weighted by molar-refractivity contribution is 5.81. The average Bonchev–Trinajstić information content (AvgIpc) is 3.64. The van der Waals surface area contributed by atoms with Crippen molar-refractivity contribution in [2.75, 3.05) is 40.3 Å². The summed E-state index contributed by atoms with van der Waals surface area (Å²) >= 11 is 0. The molecule has 1 aromatic rings. The Kier molecular flexibility index (Phi) is 6.94. The van der Waals surface area contributed by atoms with E-state index in [0.717, 1.165) is 53.9 Å². The summed E-state index contributed by atoms with van der Waals surface area (Å²) in [6, 6.07) is 3.46. The van der Waals surface area contributed by atoms with Crippen molar-refractivity contribution in [3.63, 3.8) is 0 Å². The van der Waals surface area contributed by atoms with Gasteiger partial charge in [0.25, 0.3) is 0 Å². The highest BCUT2D eigenvalue weighted by Gasteiger charge is 2.75. The van der Waals surface area contributed by atoms with Crippen LogP contribution >= 0.6 is 0 Å². The van der Waals surface area contributed by atoms with Crippen molar-refractivity contribution in [2.24, 2.45) is 17.6 Å². The molecule has 1 spiro atoms. The maximum Gasteiger partial charge on any atom is 0.415 e. The second-order valence-electron chi connectivity index (χ2n) is 14.1. The van der Waals surface area contributed by atoms with Gasteiger partial charge in [0, 0.05) is 44.5 Å². The number of likely N-dealkylation sites (N-methyl/N-ethyl adjacent to an activating group) is 2. The number of piperidine rings is 1. The van der Waals surface area contributed by atoms with E-state index in [4.69, 9.17) is 15.2 Å². The zero-order valence-corrected chi connectivity index (χ0v) is 25.1. The van der Waals surface area contributed by atoms with Crippen LogP contribution in [0.5, 0.6) is 11.5 Å². The third-order valence-corrected chi connectivity index (χ3v) is 10.7. The van der Waals surface area contributed by atoms with Gasteiger partial charge in [-0.25, -0.2) is 4.79 Å². The van der Waals surface area contributed by atoms with Gasteiger partial charge in [-0.05, 0) is 55.2 Å². The van der Waals surface area contributed by atoms with E-state index >= 15 is 0 Å². The van der Waals surface area contributed by atoms with E-state index in [1.165, 1.54) is 23.3 Å². The lowest BCUT2D eigenvalue weighted by atomic mass is 9.48. The number of carbonyl (C=O) groups is 2. The third kappa shape index (κ3) is 4.46. The van der Waals surface area contributed by atoms with Crippen molar-refractivity contribution in [2.45, 2.75) is 88.0 Å². The minimum atomic E-state index is -0.896. The zero-order chi connectivity index (χ0) is 29.3. The van der Waals surface area contributed by atoms with Crippen LogP contribution in [0, 0.1) is 11.8 Å². The van der Waals surface area contributed by atoms with E-state index in [9.17, 15) is 14.7 Å². The summed E-state index contributed by atoms with van der Waals surface area (Å²) in [6.45, 7) is 11.1. The number of nitrogens with zero attached hydrogens (tertiary/aromatic N) is 2. The van der Waals surface area contributed by atoms with Crippen molar-refractivity contribution in [1.82, 2.24) is 10.2 Å². The molecule has 3 fully saturated rings. The van der Waals surface area contributed by atoms with Crippen LogP contribution in [0.4, 0.5) is 4.79 Å². The molecule has 1 saturated heterocycles. The van der Waals surface area contributed by atoms with E-state index in [-0.39, 0.29) is 31.1 Å². The predicted octanol–water partition coefficient (Wildman–Crippen LogP) is 2.87. The van der Waals surface area contributed by atoms with Gasteiger partial charge >= 0.3 is 6.09 Å². The van der Waals surface area contributed by atoms with Crippen molar-refractivity contribution >= 4 is 12.0 Å². The molecule has 41 heavy (non-hydrogen) atoms. The lowest BCUT2D eigenvalue weighted by Crippen LogP contribution is -2.80. The van der Waals surface area contributed by atoms with Crippen molar-refractivity contribution < 1.29 is 28.7 Å². The van der Waals surface area contributed by atoms with Crippen molar-refractivity contribution in [1.29, 1.82) is 0 Å². The first-order chi connectivity index (χ1) is 19.4. The standard InChI is InChI=1S/C32H46N4O5/c1-19(2)16-23(33)29(37)34-13-14-35(4)30(38)40-24-9-8-22-17-25-32(39)11-10-20(3)28-31(32,26(22)27(24)41-28)12-15-36(25,5)18-21-6-7-21/h8-9,19,21,23,25,28,39H,3,6-7,10-18,33H2,1-2,4-5H3/p+1/t23-,25+,28-,31-,32+,36?/m0/s1. The Hall–Kier alpha value is -2.62. The second-order valence-corrected chi connectivity index (χ2v) is 14.1. The number of amides is 2. The van der Waals surface area contributed by atoms with Crippen LogP contribution in [0.2, 0.25) is 0 Å². The summed E-state index contributed by atoms with van der Waals surface area (Å²) in [5.74, 6) is 1.84. The highest BCUT2D eigenvalue weighted by atomic mass is 16.6. The SMILES string of the molecule is C=C1CC[C@@]2(O)[C@H]3Cc4ccc(OC(=O)N(C)CCNC(=O)[C@@H](N)CC(C)C)c5c4[C@@]2(CC[N+]3(C)CC2CC2)[C@H]1O5. The molecule has 2 amide bonds. The van der Waals surface area contributed by atoms with Gasteiger partial charge in [0.2, 0.25) is 5.91 Å².